The summed E-state index contributed by atoms with van der Waals surface area (Å²) in [5, 5.41) is 2.05. The first-order valence-corrected chi connectivity index (χ1v) is 6.43. The highest BCUT2D eigenvalue weighted by Gasteiger charge is 2.28. The maximum Gasteiger partial charge on any atom is 0.261 e. The predicted octanol–water partition coefficient (Wildman–Crippen LogP) is 2.91. The highest BCUT2D eigenvalue weighted by atomic mass is 19.1. The standard InChI is InChI=1S/C15H17F3N2O2/c1-5-6-20(4)13(21)12-10(16)7-9(8-11(12)17)19-14(22)15(2,3)18/h5,7-8H,1,6H2,2-4H3,(H,19,22). The van der Waals surface area contributed by atoms with E-state index in [0.717, 1.165) is 30.9 Å². The van der Waals surface area contributed by atoms with Gasteiger partial charge in [-0.15, -0.1) is 6.58 Å². The molecule has 1 rings (SSSR count). The van der Waals surface area contributed by atoms with Gasteiger partial charge in [-0.2, -0.15) is 0 Å². The summed E-state index contributed by atoms with van der Waals surface area (Å²) in [5.41, 5.74) is -3.22. The van der Waals surface area contributed by atoms with Crippen molar-refractivity contribution >= 4 is 17.5 Å². The average Bonchev–Trinajstić information content (AvgIpc) is 2.36. The number of anilines is 1. The normalized spacial score (nSPS) is 11.0. The second-order valence-corrected chi connectivity index (χ2v) is 5.22. The maximum atomic E-state index is 14.0. The van der Waals surface area contributed by atoms with E-state index in [1.54, 1.807) is 0 Å². The van der Waals surface area contributed by atoms with Gasteiger partial charge in [-0.3, -0.25) is 9.59 Å². The first-order chi connectivity index (χ1) is 10.1. The summed E-state index contributed by atoms with van der Waals surface area (Å²) in [4.78, 5) is 24.5. The summed E-state index contributed by atoms with van der Waals surface area (Å²) >= 11 is 0. The van der Waals surface area contributed by atoms with Gasteiger partial charge in [0.25, 0.3) is 11.8 Å². The van der Waals surface area contributed by atoms with Crippen LogP contribution in [-0.4, -0.2) is 36.0 Å². The first-order valence-electron chi connectivity index (χ1n) is 6.43. The lowest BCUT2D eigenvalue weighted by molar-refractivity contribution is -0.125. The van der Waals surface area contributed by atoms with Gasteiger partial charge in [0, 0.05) is 19.3 Å². The molecule has 0 heterocycles. The summed E-state index contributed by atoms with van der Waals surface area (Å²) in [6.07, 6.45) is 1.41. The van der Waals surface area contributed by atoms with Crippen LogP contribution in [0.4, 0.5) is 18.9 Å². The zero-order valence-electron chi connectivity index (χ0n) is 12.5. The van der Waals surface area contributed by atoms with E-state index in [0.29, 0.717) is 0 Å². The molecular weight excluding hydrogens is 297 g/mol. The number of nitrogens with zero attached hydrogens (tertiary/aromatic N) is 1. The topological polar surface area (TPSA) is 49.4 Å². The van der Waals surface area contributed by atoms with Crippen molar-refractivity contribution in [3.8, 4) is 0 Å². The fraction of sp³-hybridized carbons (Fsp3) is 0.333. The summed E-state index contributed by atoms with van der Waals surface area (Å²) in [6, 6.07) is 1.53. The maximum absolute atomic E-state index is 14.0. The third kappa shape index (κ3) is 4.09. The molecular formula is C15H17F3N2O2. The number of nitrogens with one attached hydrogen (secondary N) is 1. The number of carbonyl (C=O) groups is 2. The van der Waals surface area contributed by atoms with E-state index in [1.165, 1.54) is 13.1 Å². The number of carbonyl (C=O) groups excluding carboxylic acids is 2. The van der Waals surface area contributed by atoms with Crippen molar-refractivity contribution in [3.05, 3.63) is 42.0 Å². The van der Waals surface area contributed by atoms with Crippen molar-refractivity contribution < 1.29 is 22.8 Å². The zero-order chi connectivity index (χ0) is 17.1. The van der Waals surface area contributed by atoms with E-state index in [9.17, 15) is 22.8 Å². The molecule has 1 aromatic rings. The lowest BCUT2D eigenvalue weighted by atomic mass is 10.1. The average molecular weight is 314 g/mol. The Labute approximate surface area is 126 Å². The molecule has 0 aliphatic carbocycles. The van der Waals surface area contributed by atoms with Crippen LogP contribution in [0.2, 0.25) is 0 Å². The molecule has 0 saturated heterocycles. The Balaban J connectivity index is 3.10. The molecule has 120 valence electrons. The van der Waals surface area contributed by atoms with Gasteiger partial charge in [0.1, 0.15) is 17.2 Å². The number of rotatable bonds is 5. The van der Waals surface area contributed by atoms with Gasteiger partial charge in [-0.1, -0.05) is 6.08 Å². The molecule has 0 aromatic heterocycles. The van der Waals surface area contributed by atoms with Crippen LogP contribution in [0, 0.1) is 11.6 Å². The van der Waals surface area contributed by atoms with E-state index in [2.05, 4.69) is 6.58 Å². The zero-order valence-corrected chi connectivity index (χ0v) is 12.5. The SMILES string of the molecule is C=CCN(C)C(=O)c1c(F)cc(NC(=O)C(C)(C)F)cc1F. The van der Waals surface area contributed by atoms with Crippen molar-refractivity contribution in [1.82, 2.24) is 4.90 Å². The molecule has 0 spiro atoms. The number of benzene rings is 1. The second-order valence-electron chi connectivity index (χ2n) is 5.22. The molecule has 0 radical (unpaired) electrons. The molecule has 1 N–H and O–H groups in total. The predicted molar refractivity (Wildman–Crippen MR) is 77.3 cm³/mol. The van der Waals surface area contributed by atoms with Gasteiger partial charge < -0.3 is 10.2 Å². The molecule has 0 aliphatic heterocycles. The van der Waals surface area contributed by atoms with Gasteiger partial charge in [0.2, 0.25) is 0 Å². The van der Waals surface area contributed by atoms with Crippen LogP contribution in [-0.2, 0) is 4.79 Å². The molecule has 0 fully saturated rings. The van der Waals surface area contributed by atoms with Crippen LogP contribution in [0.25, 0.3) is 0 Å². The largest absolute Gasteiger partial charge is 0.338 e. The van der Waals surface area contributed by atoms with Crippen molar-refractivity contribution in [2.75, 3.05) is 18.9 Å². The van der Waals surface area contributed by atoms with Gasteiger partial charge >= 0.3 is 0 Å². The van der Waals surface area contributed by atoms with Gasteiger partial charge in [-0.25, -0.2) is 13.2 Å². The molecule has 0 aliphatic rings. The molecule has 22 heavy (non-hydrogen) atoms. The van der Waals surface area contributed by atoms with E-state index in [1.807, 2.05) is 5.32 Å². The summed E-state index contributed by atoms with van der Waals surface area (Å²) in [5.74, 6) is -4.20. The number of hydrogen-bond donors (Lipinski definition) is 1. The minimum absolute atomic E-state index is 0.117. The highest BCUT2D eigenvalue weighted by Crippen LogP contribution is 2.22. The molecule has 0 bridgehead atoms. The molecule has 7 heteroatoms. The molecule has 4 nitrogen and oxygen atoms in total. The van der Waals surface area contributed by atoms with Crippen molar-refractivity contribution in [1.29, 1.82) is 0 Å². The minimum atomic E-state index is -2.20. The van der Waals surface area contributed by atoms with Crippen molar-refractivity contribution in [2.24, 2.45) is 0 Å². The molecule has 2 amide bonds. The van der Waals surface area contributed by atoms with Crippen LogP contribution in [0.5, 0.6) is 0 Å². The molecule has 0 atom stereocenters. The van der Waals surface area contributed by atoms with Crippen LogP contribution in [0.1, 0.15) is 24.2 Å². The molecule has 0 unspecified atom stereocenters. The van der Waals surface area contributed by atoms with Crippen molar-refractivity contribution in [2.45, 2.75) is 19.5 Å². The minimum Gasteiger partial charge on any atom is -0.338 e. The number of likely N-dealkylation sites (N-methyl/N-ethyl adjacent to an activating group) is 1. The summed E-state index contributed by atoms with van der Waals surface area (Å²) in [7, 11) is 1.37. The quantitative estimate of drug-likeness (QED) is 0.850. The highest BCUT2D eigenvalue weighted by molar-refractivity contribution is 5.98. The van der Waals surface area contributed by atoms with Crippen LogP contribution in [0.3, 0.4) is 0 Å². The smallest absolute Gasteiger partial charge is 0.261 e. The monoisotopic (exact) mass is 314 g/mol. The summed E-state index contributed by atoms with van der Waals surface area (Å²) in [6.45, 7) is 5.57. The lowest BCUT2D eigenvalue weighted by Gasteiger charge is -2.17. The molecule has 1 aromatic carbocycles. The number of halogens is 3. The van der Waals surface area contributed by atoms with Gasteiger partial charge in [0.15, 0.2) is 5.67 Å². The summed E-state index contributed by atoms with van der Waals surface area (Å²) < 4.78 is 41.3. The van der Waals surface area contributed by atoms with Gasteiger partial charge in [0.05, 0.1) is 0 Å². The number of alkyl halides is 1. The first kappa shape index (κ1) is 17.7. The fourth-order valence-corrected chi connectivity index (χ4v) is 1.60. The Hall–Kier alpha value is -2.31. The van der Waals surface area contributed by atoms with E-state index < -0.39 is 34.7 Å². The van der Waals surface area contributed by atoms with E-state index >= 15 is 0 Å². The van der Waals surface area contributed by atoms with Gasteiger partial charge in [-0.05, 0) is 26.0 Å². The Morgan fingerprint density at radius 3 is 2.23 bits per heavy atom. The number of hydrogen-bond acceptors (Lipinski definition) is 2. The Bertz CT molecular complexity index is 586. The van der Waals surface area contributed by atoms with E-state index in [4.69, 9.17) is 0 Å². The Kier molecular flexibility index (Phi) is 5.35. The van der Waals surface area contributed by atoms with Crippen LogP contribution < -0.4 is 5.32 Å². The third-order valence-corrected chi connectivity index (χ3v) is 2.80. The van der Waals surface area contributed by atoms with Crippen LogP contribution >= 0.6 is 0 Å². The fourth-order valence-electron chi connectivity index (χ4n) is 1.60. The third-order valence-electron chi connectivity index (χ3n) is 2.80. The lowest BCUT2D eigenvalue weighted by Crippen LogP contribution is -2.33. The number of amides is 2. The molecule has 0 saturated carbocycles. The van der Waals surface area contributed by atoms with Crippen LogP contribution in [0.15, 0.2) is 24.8 Å². The van der Waals surface area contributed by atoms with E-state index in [-0.39, 0.29) is 12.2 Å². The van der Waals surface area contributed by atoms with Crippen molar-refractivity contribution in [3.63, 3.8) is 0 Å². The second kappa shape index (κ2) is 6.64. The Morgan fingerprint density at radius 1 is 1.32 bits per heavy atom. The Morgan fingerprint density at radius 2 is 1.82 bits per heavy atom.